The molecule has 0 aromatic carbocycles. The molecule has 2 aromatic heterocycles. The van der Waals surface area contributed by atoms with Crippen molar-refractivity contribution in [3.8, 4) is 0 Å². The fourth-order valence-corrected chi connectivity index (χ4v) is 3.13. The van der Waals surface area contributed by atoms with Crippen molar-refractivity contribution in [2.45, 2.75) is 18.9 Å². The fraction of sp³-hybridized carbons (Fsp3) is 0.412. The maximum atomic E-state index is 12.2. The van der Waals surface area contributed by atoms with Crippen LogP contribution in [0.15, 0.2) is 30.9 Å². The molecular weight excluding hydrogens is 364 g/mol. The molecule has 11 heteroatoms. The van der Waals surface area contributed by atoms with Gasteiger partial charge in [0.2, 0.25) is 11.6 Å². The van der Waals surface area contributed by atoms with Crippen LogP contribution in [0.3, 0.4) is 0 Å². The minimum Gasteiger partial charge on any atom is -0.351 e. The van der Waals surface area contributed by atoms with Crippen LogP contribution in [-0.2, 0) is 0 Å². The normalized spacial score (nSPS) is 15.1. The largest absolute Gasteiger partial charge is 0.355 e. The van der Waals surface area contributed by atoms with E-state index in [-0.39, 0.29) is 23.4 Å². The molecule has 28 heavy (non-hydrogen) atoms. The van der Waals surface area contributed by atoms with Crippen LogP contribution in [0.4, 0.5) is 17.3 Å². The lowest BCUT2D eigenvalue weighted by molar-refractivity contribution is -0.383. The van der Waals surface area contributed by atoms with Crippen molar-refractivity contribution in [1.29, 1.82) is 0 Å². The molecule has 1 fully saturated rings. The summed E-state index contributed by atoms with van der Waals surface area (Å²) in [5.41, 5.74) is 5.06. The molecule has 3 heterocycles. The number of piperidine rings is 1. The van der Waals surface area contributed by atoms with Crippen LogP contribution in [0.25, 0.3) is 0 Å². The summed E-state index contributed by atoms with van der Waals surface area (Å²) in [4.78, 5) is 39.3. The number of nitrogens with zero attached hydrogens (tertiary/aromatic N) is 6. The zero-order valence-corrected chi connectivity index (χ0v) is 15.7. The van der Waals surface area contributed by atoms with Crippen LogP contribution >= 0.6 is 0 Å². The Morgan fingerprint density at radius 2 is 1.96 bits per heavy atom. The van der Waals surface area contributed by atoms with Crippen LogP contribution < -0.4 is 15.8 Å². The van der Waals surface area contributed by atoms with Crippen molar-refractivity contribution < 1.29 is 9.72 Å². The van der Waals surface area contributed by atoms with Gasteiger partial charge < -0.3 is 9.80 Å². The SMILES string of the molecule is CN1CCC(N(C)c2ncnc(NNC(=O)c3ccncc3)c2[N+](=O)[O-])CC1. The quantitative estimate of drug-likeness (QED) is 0.553. The molecule has 1 amide bonds. The predicted octanol–water partition coefficient (Wildman–Crippen LogP) is 1.07. The van der Waals surface area contributed by atoms with Gasteiger partial charge in [-0.2, -0.15) is 0 Å². The second-order valence-corrected chi connectivity index (χ2v) is 6.61. The van der Waals surface area contributed by atoms with Crippen LogP contribution in [0.1, 0.15) is 23.2 Å². The summed E-state index contributed by atoms with van der Waals surface area (Å²) in [5.74, 6) is -0.312. The number of aromatic nitrogens is 3. The Labute approximate surface area is 161 Å². The van der Waals surface area contributed by atoms with Gasteiger partial charge in [0, 0.05) is 31.0 Å². The van der Waals surface area contributed by atoms with Crippen LogP contribution in [-0.4, -0.2) is 63.9 Å². The van der Waals surface area contributed by atoms with E-state index in [1.807, 2.05) is 4.90 Å². The van der Waals surface area contributed by atoms with Gasteiger partial charge in [0.05, 0.1) is 4.92 Å². The van der Waals surface area contributed by atoms with Gasteiger partial charge in [-0.3, -0.25) is 30.7 Å². The molecule has 2 aromatic rings. The van der Waals surface area contributed by atoms with Crippen molar-refractivity contribution in [2.75, 3.05) is 37.5 Å². The third-order valence-electron chi connectivity index (χ3n) is 4.79. The number of pyridine rings is 1. The Morgan fingerprint density at radius 1 is 1.29 bits per heavy atom. The molecule has 0 bridgehead atoms. The van der Waals surface area contributed by atoms with E-state index in [9.17, 15) is 14.9 Å². The van der Waals surface area contributed by atoms with Crippen molar-refractivity contribution in [3.63, 3.8) is 0 Å². The first-order valence-electron chi connectivity index (χ1n) is 8.84. The number of anilines is 2. The number of hydrogen-bond donors (Lipinski definition) is 2. The highest BCUT2D eigenvalue weighted by atomic mass is 16.6. The molecule has 0 aliphatic carbocycles. The second-order valence-electron chi connectivity index (χ2n) is 6.61. The third kappa shape index (κ3) is 4.31. The Balaban J connectivity index is 1.79. The average Bonchev–Trinajstić information content (AvgIpc) is 2.72. The maximum absolute atomic E-state index is 12.2. The summed E-state index contributed by atoms with van der Waals surface area (Å²) in [6.07, 6.45) is 5.98. The number of carbonyl (C=O) groups excluding carboxylic acids is 1. The zero-order chi connectivity index (χ0) is 20.1. The molecular formula is C17H22N8O3. The first kappa shape index (κ1) is 19.4. The molecule has 148 valence electrons. The zero-order valence-electron chi connectivity index (χ0n) is 15.7. The Hall–Kier alpha value is -3.34. The van der Waals surface area contributed by atoms with Crippen molar-refractivity contribution in [1.82, 2.24) is 25.3 Å². The first-order chi connectivity index (χ1) is 13.5. The highest BCUT2D eigenvalue weighted by Gasteiger charge is 2.30. The monoisotopic (exact) mass is 386 g/mol. The summed E-state index contributed by atoms with van der Waals surface area (Å²) in [5, 5.41) is 11.7. The number of amides is 1. The number of hydrogen-bond acceptors (Lipinski definition) is 9. The van der Waals surface area contributed by atoms with E-state index >= 15 is 0 Å². The summed E-state index contributed by atoms with van der Waals surface area (Å²) in [7, 11) is 3.85. The first-order valence-corrected chi connectivity index (χ1v) is 8.84. The molecule has 11 nitrogen and oxygen atoms in total. The highest BCUT2D eigenvalue weighted by molar-refractivity contribution is 5.94. The Morgan fingerprint density at radius 3 is 2.61 bits per heavy atom. The molecule has 0 atom stereocenters. The summed E-state index contributed by atoms with van der Waals surface area (Å²) in [6, 6.07) is 3.21. The predicted molar refractivity (Wildman–Crippen MR) is 103 cm³/mol. The van der Waals surface area contributed by atoms with Crippen molar-refractivity contribution >= 4 is 23.2 Å². The van der Waals surface area contributed by atoms with Crippen molar-refractivity contribution in [3.05, 3.63) is 46.5 Å². The van der Waals surface area contributed by atoms with Gasteiger partial charge in [-0.05, 0) is 45.1 Å². The van der Waals surface area contributed by atoms with Crippen LogP contribution in [0, 0.1) is 10.1 Å². The minimum absolute atomic E-state index is 0.0721. The van der Waals surface area contributed by atoms with E-state index in [0.717, 1.165) is 25.9 Å². The fourth-order valence-electron chi connectivity index (χ4n) is 3.13. The lowest BCUT2D eigenvalue weighted by Crippen LogP contribution is -2.42. The van der Waals surface area contributed by atoms with Gasteiger partial charge in [-0.25, -0.2) is 9.97 Å². The van der Waals surface area contributed by atoms with Gasteiger partial charge >= 0.3 is 5.69 Å². The van der Waals surface area contributed by atoms with Crippen LogP contribution in [0.2, 0.25) is 0 Å². The number of carbonyl (C=O) groups is 1. The molecule has 1 aliphatic rings. The van der Waals surface area contributed by atoms with Gasteiger partial charge in [0.1, 0.15) is 6.33 Å². The van der Waals surface area contributed by atoms with E-state index in [0.29, 0.717) is 5.56 Å². The van der Waals surface area contributed by atoms with Gasteiger partial charge in [-0.1, -0.05) is 0 Å². The molecule has 2 N–H and O–H groups in total. The van der Waals surface area contributed by atoms with E-state index in [4.69, 9.17) is 0 Å². The van der Waals surface area contributed by atoms with E-state index in [2.05, 4.69) is 37.8 Å². The summed E-state index contributed by atoms with van der Waals surface area (Å²) in [6.45, 7) is 1.84. The summed E-state index contributed by atoms with van der Waals surface area (Å²) < 4.78 is 0. The molecule has 1 saturated heterocycles. The third-order valence-corrected chi connectivity index (χ3v) is 4.79. The maximum Gasteiger partial charge on any atom is 0.355 e. The molecule has 0 radical (unpaired) electrons. The average molecular weight is 386 g/mol. The molecule has 0 saturated carbocycles. The second kappa shape index (κ2) is 8.57. The lowest BCUT2D eigenvalue weighted by atomic mass is 10.0. The number of hydrazine groups is 1. The number of rotatable bonds is 6. The van der Waals surface area contributed by atoms with Gasteiger partial charge in [-0.15, -0.1) is 0 Å². The summed E-state index contributed by atoms with van der Waals surface area (Å²) >= 11 is 0. The number of nitro groups is 1. The number of likely N-dealkylation sites (tertiary alicyclic amines) is 1. The van der Waals surface area contributed by atoms with Gasteiger partial charge in [0.25, 0.3) is 5.91 Å². The van der Waals surface area contributed by atoms with Crippen molar-refractivity contribution in [2.24, 2.45) is 0 Å². The molecule has 0 unspecified atom stereocenters. The molecule has 3 rings (SSSR count). The molecule has 1 aliphatic heterocycles. The smallest absolute Gasteiger partial charge is 0.351 e. The standard InChI is InChI=1S/C17H22N8O3/c1-23-9-5-13(6-10-23)24(2)16-14(25(27)28)15(19-11-20-16)21-22-17(26)12-3-7-18-8-4-12/h3-4,7-8,11,13H,5-6,9-10H2,1-2H3,(H,22,26)(H,19,20,21). The topological polar surface area (TPSA) is 129 Å². The Bertz CT molecular complexity index is 840. The number of nitrogens with one attached hydrogen (secondary N) is 2. The highest BCUT2D eigenvalue weighted by Crippen LogP contribution is 2.33. The van der Waals surface area contributed by atoms with E-state index in [1.165, 1.54) is 30.9 Å². The Kier molecular flexibility index (Phi) is 5.94. The lowest BCUT2D eigenvalue weighted by Gasteiger charge is -2.35. The van der Waals surface area contributed by atoms with Gasteiger partial charge in [0.15, 0.2) is 0 Å². The van der Waals surface area contributed by atoms with E-state index < -0.39 is 10.8 Å². The van der Waals surface area contributed by atoms with Crippen LogP contribution in [0.5, 0.6) is 0 Å². The van der Waals surface area contributed by atoms with E-state index in [1.54, 1.807) is 7.05 Å². The molecule has 0 spiro atoms. The minimum atomic E-state index is -0.540.